The quantitative estimate of drug-likeness (QED) is 0.728. The zero-order valence-corrected chi connectivity index (χ0v) is 16.0. The number of rotatable bonds is 8. The van der Waals surface area contributed by atoms with Crippen LogP contribution in [0.1, 0.15) is 17.0 Å². The van der Waals surface area contributed by atoms with Gasteiger partial charge < -0.3 is 29.2 Å². The number of hydrogen-bond donors (Lipinski definition) is 2. The monoisotopic (exact) mass is 382 g/mol. The summed E-state index contributed by atoms with van der Waals surface area (Å²) in [7, 11) is 6.03. The Balaban J connectivity index is 2.44. The zero-order chi connectivity index (χ0) is 19.3. The van der Waals surface area contributed by atoms with E-state index in [0.717, 1.165) is 5.56 Å². The molecule has 142 valence electrons. The van der Waals surface area contributed by atoms with Gasteiger partial charge in [-0.25, -0.2) is 0 Å². The molecule has 0 heterocycles. The van der Waals surface area contributed by atoms with E-state index in [2.05, 4.69) is 0 Å². The number of aliphatic hydroxyl groups excluding tert-OH is 1. The predicted octanol–water partition coefficient (Wildman–Crippen LogP) is 3.40. The summed E-state index contributed by atoms with van der Waals surface area (Å²) in [6, 6.07) is 6.85. The van der Waals surface area contributed by atoms with E-state index in [1.165, 1.54) is 20.3 Å². The molecule has 0 bridgehead atoms. The Labute approximate surface area is 157 Å². The van der Waals surface area contributed by atoms with E-state index in [-0.39, 0.29) is 23.3 Å². The van der Waals surface area contributed by atoms with Gasteiger partial charge >= 0.3 is 0 Å². The standard InChI is InChI=1S/C19H23ClO6/c1-23-15-6-5-11(8-16(15)24-2)12(10-21)7-13-14(22)9-17(25-3)18(20)19(13)26-4/h5-6,8-9,12,21-22H,7,10H2,1-4H3/t12-/m1/s1. The maximum absolute atomic E-state index is 10.4. The molecule has 0 spiro atoms. The van der Waals surface area contributed by atoms with E-state index in [1.54, 1.807) is 26.4 Å². The minimum absolute atomic E-state index is 0.0120. The fourth-order valence-electron chi connectivity index (χ4n) is 2.83. The normalized spacial score (nSPS) is 11.8. The van der Waals surface area contributed by atoms with E-state index in [4.69, 9.17) is 30.5 Å². The van der Waals surface area contributed by atoms with Gasteiger partial charge in [-0.2, -0.15) is 0 Å². The number of methoxy groups -OCH3 is 4. The molecule has 0 radical (unpaired) electrons. The summed E-state index contributed by atoms with van der Waals surface area (Å²) in [6.45, 7) is -0.137. The van der Waals surface area contributed by atoms with Gasteiger partial charge in [0.25, 0.3) is 0 Å². The summed E-state index contributed by atoms with van der Waals surface area (Å²) in [5.74, 6) is 1.48. The molecule has 0 unspecified atom stereocenters. The molecule has 0 aliphatic rings. The summed E-state index contributed by atoms with van der Waals surface area (Å²) in [6.07, 6.45) is 0.310. The van der Waals surface area contributed by atoms with E-state index >= 15 is 0 Å². The minimum Gasteiger partial charge on any atom is -0.507 e. The average molecular weight is 383 g/mol. The van der Waals surface area contributed by atoms with Gasteiger partial charge in [0.2, 0.25) is 0 Å². The van der Waals surface area contributed by atoms with Crippen molar-refractivity contribution in [1.82, 2.24) is 0 Å². The summed E-state index contributed by atoms with van der Waals surface area (Å²) >= 11 is 6.29. The minimum atomic E-state index is -0.306. The first-order valence-electron chi connectivity index (χ1n) is 7.95. The van der Waals surface area contributed by atoms with Crippen molar-refractivity contribution in [1.29, 1.82) is 0 Å². The Bertz CT molecular complexity index is 762. The van der Waals surface area contributed by atoms with Crippen LogP contribution >= 0.6 is 11.6 Å². The van der Waals surface area contributed by atoms with Gasteiger partial charge in [-0.05, 0) is 24.1 Å². The molecule has 0 fully saturated rings. The number of ether oxygens (including phenoxy) is 4. The van der Waals surface area contributed by atoms with Crippen LogP contribution < -0.4 is 18.9 Å². The van der Waals surface area contributed by atoms with Gasteiger partial charge in [0.05, 0.1) is 35.0 Å². The van der Waals surface area contributed by atoms with Crippen molar-refractivity contribution in [2.24, 2.45) is 0 Å². The van der Waals surface area contributed by atoms with Gasteiger partial charge in [-0.3, -0.25) is 0 Å². The Morgan fingerprint density at radius 2 is 1.58 bits per heavy atom. The molecular formula is C19H23ClO6. The summed E-state index contributed by atoms with van der Waals surface area (Å²) in [4.78, 5) is 0. The van der Waals surface area contributed by atoms with Gasteiger partial charge in [0.1, 0.15) is 22.3 Å². The van der Waals surface area contributed by atoms with Crippen molar-refractivity contribution in [3.8, 4) is 28.7 Å². The number of benzene rings is 2. The fourth-order valence-corrected chi connectivity index (χ4v) is 3.16. The Kier molecular flexibility index (Phi) is 6.83. The lowest BCUT2D eigenvalue weighted by Crippen LogP contribution is -2.10. The van der Waals surface area contributed by atoms with Crippen molar-refractivity contribution in [3.05, 3.63) is 40.4 Å². The molecule has 0 aromatic heterocycles. The molecule has 2 rings (SSSR count). The van der Waals surface area contributed by atoms with E-state index in [9.17, 15) is 10.2 Å². The van der Waals surface area contributed by atoms with Crippen LogP contribution in [-0.4, -0.2) is 45.3 Å². The maximum atomic E-state index is 10.4. The van der Waals surface area contributed by atoms with Gasteiger partial charge in [0, 0.05) is 17.5 Å². The number of phenols is 1. The zero-order valence-electron chi connectivity index (χ0n) is 15.2. The average Bonchev–Trinajstić information content (AvgIpc) is 2.67. The lowest BCUT2D eigenvalue weighted by Gasteiger charge is -2.20. The predicted molar refractivity (Wildman–Crippen MR) is 99.3 cm³/mol. The van der Waals surface area contributed by atoms with E-state index in [0.29, 0.717) is 35.0 Å². The molecule has 0 saturated heterocycles. The molecule has 0 saturated carbocycles. The van der Waals surface area contributed by atoms with Gasteiger partial charge in [0.15, 0.2) is 11.5 Å². The third-order valence-corrected chi connectivity index (χ3v) is 4.60. The SMILES string of the molecule is COc1ccc([C@@H](CO)Cc2c(O)cc(OC)c(Cl)c2OC)cc1OC. The second kappa shape index (κ2) is 8.87. The van der Waals surface area contributed by atoms with Crippen LogP contribution in [0.15, 0.2) is 24.3 Å². The molecule has 6 nitrogen and oxygen atoms in total. The summed E-state index contributed by atoms with van der Waals surface area (Å²) in [5, 5.41) is 20.6. The van der Waals surface area contributed by atoms with Crippen LogP contribution in [0.3, 0.4) is 0 Å². The first-order valence-corrected chi connectivity index (χ1v) is 8.33. The molecule has 0 amide bonds. The Hall–Kier alpha value is -2.31. The van der Waals surface area contributed by atoms with Crippen LogP contribution in [-0.2, 0) is 6.42 Å². The van der Waals surface area contributed by atoms with Gasteiger partial charge in [-0.1, -0.05) is 17.7 Å². The molecule has 7 heteroatoms. The number of aliphatic hydroxyl groups is 1. The highest BCUT2D eigenvalue weighted by atomic mass is 35.5. The van der Waals surface area contributed by atoms with E-state index in [1.807, 2.05) is 6.07 Å². The molecule has 2 N–H and O–H groups in total. The summed E-state index contributed by atoms with van der Waals surface area (Å²) in [5.41, 5.74) is 1.32. The fraction of sp³-hybridized carbons (Fsp3) is 0.368. The Morgan fingerprint density at radius 1 is 0.923 bits per heavy atom. The number of aromatic hydroxyl groups is 1. The largest absolute Gasteiger partial charge is 0.507 e. The number of halogens is 1. The summed E-state index contributed by atoms with van der Waals surface area (Å²) < 4.78 is 21.1. The highest BCUT2D eigenvalue weighted by Crippen LogP contribution is 2.44. The third-order valence-electron chi connectivity index (χ3n) is 4.24. The second-order valence-corrected chi connectivity index (χ2v) is 6.00. The maximum Gasteiger partial charge on any atom is 0.160 e. The molecule has 26 heavy (non-hydrogen) atoms. The van der Waals surface area contributed by atoms with Crippen LogP contribution in [0.2, 0.25) is 5.02 Å². The van der Waals surface area contributed by atoms with Crippen LogP contribution in [0.5, 0.6) is 28.7 Å². The van der Waals surface area contributed by atoms with E-state index < -0.39 is 0 Å². The molecule has 0 aliphatic carbocycles. The van der Waals surface area contributed by atoms with Gasteiger partial charge in [-0.15, -0.1) is 0 Å². The van der Waals surface area contributed by atoms with Crippen molar-refractivity contribution in [3.63, 3.8) is 0 Å². The molecule has 1 atom stereocenters. The van der Waals surface area contributed by atoms with Crippen molar-refractivity contribution in [2.75, 3.05) is 35.0 Å². The lowest BCUT2D eigenvalue weighted by molar-refractivity contribution is 0.262. The molecular weight excluding hydrogens is 360 g/mol. The topological polar surface area (TPSA) is 77.4 Å². The van der Waals surface area contributed by atoms with Crippen LogP contribution in [0, 0.1) is 0 Å². The molecule has 0 aliphatic heterocycles. The highest BCUT2D eigenvalue weighted by molar-refractivity contribution is 6.33. The lowest BCUT2D eigenvalue weighted by atomic mass is 9.91. The number of hydrogen-bond acceptors (Lipinski definition) is 6. The van der Waals surface area contributed by atoms with Crippen LogP contribution in [0.25, 0.3) is 0 Å². The molecule has 2 aromatic carbocycles. The van der Waals surface area contributed by atoms with Crippen molar-refractivity contribution in [2.45, 2.75) is 12.3 Å². The first kappa shape index (κ1) is 20.0. The van der Waals surface area contributed by atoms with Crippen LogP contribution in [0.4, 0.5) is 0 Å². The van der Waals surface area contributed by atoms with Crippen molar-refractivity contribution < 1.29 is 29.2 Å². The molecule has 2 aromatic rings. The van der Waals surface area contributed by atoms with Crippen molar-refractivity contribution >= 4 is 11.6 Å². The Morgan fingerprint density at radius 3 is 2.12 bits per heavy atom. The smallest absolute Gasteiger partial charge is 0.160 e. The highest BCUT2D eigenvalue weighted by Gasteiger charge is 2.23. The third kappa shape index (κ3) is 3.92. The number of phenolic OH excluding ortho intramolecular Hbond substituents is 1. The second-order valence-electron chi connectivity index (χ2n) is 5.62. The first-order chi connectivity index (χ1) is 12.5.